The van der Waals surface area contributed by atoms with E-state index in [0.29, 0.717) is 36.7 Å². The van der Waals surface area contributed by atoms with Crippen LogP contribution in [0.1, 0.15) is 98.2 Å². The van der Waals surface area contributed by atoms with Gasteiger partial charge in [0.2, 0.25) is 17.7 Å². The van der Waals surface area contributed by atoms with Gasteiger partial charge in [-0.25, -0.2) is 0 Å². The van der Waals surface area contributed by atoms with Crippen molar-refractivity contribution in [1.29, 1.82) is 0 Å². The molecule has 10 nitrogen and oxygen atoms in total. The number of hydrogen-bond donors (Lipinski definition) is 1. The van der Waals surface area contributed by atoms with Gasteiger partial charge in [-0.05, 0) is 63.5 Å². The second-order valence-corrected chi connectivity index (χ2v) is 17.4. The number of rotatable bonds is 9. The molecular formula is C40H56BrN3O7. The molecule has 0 unspecified atom stereocenters. The summed E-state index contributed by atoms with van der Waals surface area (Å²) in [5.41, 5.74) is -1.36. The van der Waals surface area contributed by atoms with Crippen molar-refractivity contribution in [2.75, 3.05) is 26.7 Å². The second-order valence-electron chi connectivity index (χ2n) is 16.5. The quantitative estimate of drug-likeness (QED) is 0.188. The first-order chi connectivity index (χ1) is 24.0. The number of aliphatic hydroxyl groups excluding tert-OH is 1. The standard InChI is InChI=1S/C40H56BrN3O7/c1-26-32(27-18-12-10-13-19-27)50-37(49)30-31-35(47)43(21-15-8-9-17-23-45)34(40(31)24-28(41)33(30)51-40)36(48)44(39(5,6)25-38(2,3)4)22-16-11-14-20-29(46)42(26)7/h10-13,16,18-19,24,26,30-34,45H,8-9,14-15,17,20-23,25H2,1-7H3/b16-11-/t26-,30+,31-,32+,33+,34+,40-/m1/s1. The Labute approximate surface area is 311 Å². The number of aliphatic hydroxyl groups is 1. The summed E-state index contributed by atoms with van der Waals surface area (Å²) in [6.07, 6.45) is 8.46. The van der Waals surface area contributed by atoms with Gasteiger partial charge >= 0.3 is 5.97 Å². The van der Waals surface area contributed by atoms with Crippen molar-refractivity contribution < 1.29 is 33.8 Å². The number of carbonyl (C=O) groups is 4. The van der Waals surface area contributed by atoms with E-state index < -0.39 is 53.2 Å². The van der Waals surface area contributed by atoms with E-state index in [1.54, 1.807) is 16.8 Å². The number of likely N-dealkylation sites (tertiary alicyclic amines) is 1. The second kappa shape index (κ2) is 15.5. The van der Waals surface area contributed by atoms with Crippen molar-refractivity contribution in [2.45, 2.75) is 122 Å². The molecule has 7 atom stereocenters. The Kier molecular flexibility index (Phi) is 11.9. The van der Waals surface area contributed by atoms with Crippen molar-refractivity contribution in [3.63, 3.8) is 0 Å². The molecule has 4 heterocycles. The van der Waals surface area contributed by atoms with Gasteiger partial charge in [-0.15, -0.1) is 0 Å². The molecule has 1 N–H and O–H groups in total. The van der Waals surface area contributed by atoms with E-state index in [0.717, 1.165) is 18.4 Å². The molecule has 0 radical (unpaired) electrons. The fraction of sp³-hybridized carbons (Fsp3) is 0.650. The molecule has 2 saturated heterocycles. The summed E-state index contributed by atoms with van der Waals surface area (Å²) in [5.74, 6) is -3.18. The van der Waals surface area contributed by atoms with Gasteiger partial charge in [0.1, 0.15) is 29.8 Å². The summed E-state index contributed by atoms with van der Waals surface area (Å²) in [7, 11) is 1.72. The van der Waals surface area contributed by atoms with Crippen LogP contribution in [0, 0.1) is 17.3 Å². The van der Waals surface area contributed by atoms with Crippen LogP contribution in [-0.4, -0.2) is 99.6 Å². The summed E-state index contributed by atoms with van der Waals surface area (Å²) in [4.78, 5) is 63.2. The Morgan fingerprint density at radius 2 is 1.63 bits per heavy atom. The molecule has 4 aliphatic heterocycles. The van der Waals surface area contributed by atoms with Gasteiger partial charge in [0, 0.05) is 43.2 Å². The number of fused-ring (bicyclic) bond motifs is 2. The molecule has 51 heavy (non-hydrogen) atoms. The van der Waals surface area contributed by atoms with Crippen LogP contribution in [0.4, 0.5) is 0 Å². The number of hydrogen-bond acceptors (Lipinski definition) is 7. The Bertz CT molecular complexity index is 1520. The first-order valence-electron chi connectivity index (χ1n) is 18.5. The van der Waals surface area contributed by atoms with Crippen LogP contribution >= 0.6 is 15.9 Å². The van der Waals surface area contributed by atoms with Crippen molar-refractivity contribution in [2.24, 2.45) is 17.3 Å². The van der Waals surface area contributed by atoms with Gasteiger partial charge in [0.05, 0.1) is 12.0 Å². The van der Waals surface area contributed by atoms with Gasteiger partial charge in [-0.3, -0.25) is 19.2 Å². The SMILES string of the molecule is C[C@@H]1[C@@H](c2ccccc2)OC(=O)[C@@H]2[C@H]3O[C@@]4(C=C3Br)[C@H](C(=O)N(C(C)(C)CC(C)(C)C)C/C=C\CCC(=O)N1C)N(CCCCCCO)C(=O)[C@@H]24. The Morgan fingerprint density at radius 3 is 2.29 bits per heavy atom. The third kappa shape index (κ3) is 7.86. The maximum atomic E-state index is 15.3. The minimum atomic E-state index is -1.37. The van der Waals surface area contributed by atoms with E-state index >= 15 is 4.79 Å². The maximum Gasteiger partial charge on any atom is 0.313 e. The minimum absolute atomic E-state index is 0.0915. The molecule has 3 amide bonds. The Hall–Kier alpha value is -3.02. The predicted molar refractivity (Wildman–Crippen MR) is 198 cm³/mol. The lowest BCUT2D eigenvalue weighted by molar-refractivity contribution is -0.164. The molecule has 4 aliphatic rings. The van der Waals surface area contributed by atoms with Crippen LogP contribution in [0.2, 0.25) is 0 Å². The minimum Gasteiger partial charge on any atom is -0.455 e. The van der Waals surface area contributed by atoms with E-state index in [1.165, 1.54) is 0 Å². The zero-order valence-corrected chi connectivity index (χ0v) is 32.9. The van der Waals surface area contributed by atoms with Gasteiger partial charge in [0.25, 0.3) is 0 Å². The fourth-order valence-electron chi connectivity index (χ4n) is 8.83. The molecular weight excluding hydrogens is 714 g/mol. The third-order valence-electron chi connectivity index (χ3n) is 11.0. The first-order valence-corrected chi connectivity index (χ1v) is 19.3. The monoisotopic (exact) mass is 769 g/mol. The molecule has 0 aliphatic carbocycles. The summed E-state index contributed by atoms with van der Waals surface area (Å²) in [6.45, 7) is 13.1. The zero-order valence-electron chi connectivity index (χ0n) is 31.3. The van der Waals surface area contributed by atoms with E-state index in [9.17, 15) is 19.5 Å². The summed E-state index contributed by atoms with van der Waals surface area (Å²) >= 11 is 3.67. The first kappa shape index (κ1) is 39.2. The number of benzene rings is 1. The zero-order chi connectivity index (χ0) is 37.3. The molecule has 5 bridgehead atoms. The van der Waals surface area contributed by atoms with Gasteiger partial charge in [0.15, 0.2) is 0 Å². The van der Waals surface area contributed by atoms with Crippen LogP contribution in [0.5, 0.6) is 0 Å². The molecule has 0 aromatic heterocycles. The van der Waals surface area contributed by atoms with Crippen LogP contribution in [-0.2, 0) is 28.7 Å². The number of carbonyl (C=O) groups excluding carboxylic acids is 4. The van der Waals surface area contributed by atoms with E-state index in [1.807, 2.05) is 60.4 Å². The number of halogens is 1. The molecule has 0 saturated carbocycles. The van der Waals surface area contributed by atoms with E-state index in [-0.39, 0.29) is 42.7 Å². The molecule has 280 valence electrons. The lowest BCUT2D eigenvalue weighted by Crippen LogP contribution is -2.60. The summed E-state index contributed by atoms with van der Waals surface area (Å²) in [6, 6.07) is 7.84. The van der Waals surface area contributed by atoms with Crippen LogP contribution in [0.3, 0.4) is 0 Å². The smallest absolute Gasteiger partial charge is 0.313 e. The van der Waals surface area contributed by atoms with Crippen LogP contribution in [0.25, 0.3) is 0 Å². The number of allylic oxidation sites excluding steroid dienone is 1. The predicted octanol–water partition coefficient (Wildman–Crippen LogP) is 5.94. The highest BCUT2D eigenvalue weighted by Crippen LogP contribution is 2.59. The number of likely N-dealkylation sites (N-methyl/N-ethyl adjacent to an activating group) is 1. The van der Waals surface area contributed by atoms with Crippen molar-refractivity contribution in [3.8, 4) is 0 Å². The average molecular weight is 771 g/mol. The van der Waals surface area contributed by atoms with Gasteiger partial charge in [-0.1, -0.05) is 92.0 Å². The van der Waals surface area contributed by atoms with Crippen LogP contribution in [0.15, 0.2) is 53.0 Å². The third-order valence-corrected chi connectivity index (χ3v) is 11.7. The number of nitrogens with zero attached hydrogens (tertiary/aromatic N) is 3. The lowest BCUT2D eigenvalue weighted by Gasteiger charge is -2.45. The molecule has 2 fully saturated rings. The molecule has 1 aromatic carbocycles. The Morgan fingerprint density at radius 1 is 0.941 bits per heavy atom. The van der Waals surface area contributed by atoms with Crippen molar-refractivity contribution >= 4 is 39.6 Å². The number of amides is 3. The lowest BCUT2D eigenvalue weighted by atomic mass is 9.74. The average Bonchev–Trinajstić information content (AvgIpc) is 3.65. The maximum absolute atomic E-state index is 15.3. The fourth-order valence-corrected chi connectivity index (χ4v) is 9.57. The largest absolute Gasteiger partial charge is 0.455 e. The highest BCUT2D eigenvalue weighted by Gasteiger charge is 2.75. The molecule has 1 aromatic rings. The van der Waals surface area contributed by atoms with Crippen molar-refractivity contribution in [3.05, 3.63) is 58.6 Å². The molecule has 1 spiro atoms. The topological polar surface area (TPSA) is 117 Å². The number of cyclic esters (lactones) is 1. The number of unbranched alkanes of at least 4 members (excludes halogenated alkanes) is 3. The van der Waals surface area contributed by atoms with Crippen molar-refractivity contribution in [1.82, 2.24) is 14.7 Å². The van der Waals surface area contributed by atoms with E-state index in [4.69, 9.17) is 9.47 Å². The number of esters is 1. The summed E-state index contributed by atoms with van der Waals surface area (Å²) < 4.78 is 13.7. The number of ether oxygens (including phenoxy) is 2. The molecule has 5 rings (SSSR count). The van der Waals surface area contributed by atoms with Gasteiger partial charge < -0.3 is 29.3 Å². The van der Waals surface area contributed by atoms with Gasteiger partial charge in [-0.2, -0.15) is 0 Å². The van der Waals surface area contributed by atoms with E-state index in [2.05, 4.69) is 50.5 Å². The molecule has 11 heteroatoms. The highest BCUT2D eigenvalue weighted by molar-refractivity contribution is 9.11. The van der Waals surface area contributed by atoms with Crippen LogP contribution < -0.4 is 0 Å². The Balaban J connectivity index is 1.63. The normalized spacial score (nSPS) is 31.2. The highest BCUT2D eigenvalue weighted by atomic mass is 79.9. The summed E-state index contributed by atoms with van der Waals surface area (Å²) in [5, 5.41) is 9.33.